The number of H-pyrrole nitrogens is 2. The molecular formula is C51H56N8O8. The number of fused-ring (bicyclic) bond motifs is 4. The minimum absolute atomic E-state index is 0.0569. The second kappa shape index (κ2) is 19.3. The van der Waals surface area contributed by atoms with Gasteiger partial charge in [-0.25, -0.2) is 24.7 Å². The number of nitrogens with zero attached hydrogens (tertiary/aromatic N) is 5. The molecule has 0 saturated carbocycles. The van der Waals surface area contributed by atoms with E-state index in [9.17, 15) is 4.79 Å². The standard InChI is InChI=1S/C28H32N4O5.C23H24N4O3/c1-17-12-18-6-7-20(13-22(18)31-17)36-26-21-14-24(34-5)25(15-23(21)29-16-30-26)35-19-8-10-32(11-9-19)27(33)37-28(2,3)4;1-14-9-15-3-4-17(10-19(15)27-14)30-23-18-11-21(28-2)22(12-20(18)25-13-26-23)29-16-5-7-24-8-6-16/h6-7,12-16,19,31H,8-11H2,1-5H3;3-4,9-13,16,24,27H,5-8H2,1-2H3. The van der Waals surface area contributed by atoms with Gasteiger partial charge in [0.15, 0.2) is 23.0 Å². The molecule has 4 aromatic carbocycles. The van der Waals surface area contributed by atoms with Gasteiger partial charge in [0.2, 0.25) is 11.8 Å². The summed E-state index contributed by atoms with van der Waals surface area (Å²) in [4.78, 5) is 38.3. The Hall–Kier alpha value is -7.33. The third kappa shape index (κ3) is 10.5. The predicted molar refractivity (Wildman–Crippen MR) is 256 cm³/mol. The number of hydrogen-bond acceptors (Lipinski definition) is 13. The van der Waals surface area contributed by atoms with Gasteiger partial charge in [0.25, 0.3) is 0 Å². The van der Waals surface area contributed by atoms with Crippen LogP contribution in [0, 0.1) is 13.8 Å². The van der Waals surface area contributed by atoms with E-state index in [-0.39, 0.29) is 18.3 Å². The molecule has 2 fully saturated rings. The Bertz CT molecular complexity index is 3040. The maximum atomic E-state index is 12.4. The van der Waals surface area contributed by atoms with Crippen LogP contribution in [0.5, 0.6) is 46.3 Å². The zero-order valence-corrected chi connectivity index (χ0v) is 38.9. The molecule has 2 aliphatic rings. The van der Waals surface area contributed by atoms with Crippen molar-refractivity contribution in [2.45, 2.75) is 78.1 Å². The Morgan fingerprint density at radius 1 is 0.612 bits per heavy atom. The van der Waals surface area contributed by atoms with Crippen molar-refractivity contribution < 1.29 is 38.0 Å². The Balaban J connectivity index is 0.000000171. The van der Waals surface area contributed by atoms with Gasteiger partial charge in [0.05, 0.1) is 36.0 Å². The number of methoxy groups -OCH3 is 2. The molecule has 10 rings (SSSR count). The van der Waals surface area contributed by atoms with Crippen LogP contribution in [0.25, 0.3) is 43.6 Å². The molecule has 2 saturated heterocycles. The lowest BCUT2D eigenvalue weighted by Gasteiger charge is -2.33. The van der Waals surface area contributed by atoms with E-state index in [1.165, 1.54) is 12.7 Å². The van der Waals surface area contributed by atoms with Crippen LogP contribution in [-0.4, -0.2) is 99.1 Å². The summed E-state index contributed by atoms with van der Waals surface area (Å²) in [5, 5.41) is 7.11. The highest BCUT2D eigenvalue weighted by Crippen LogP contribution is 2.39. The van der Waals surface area contributed by atoms with Crippen molar-refractivity contribution in [1.82, 2.24) is 40.1 Å². The van der Waals surface area contributed by atoms with Gasteiger partial charge in [0.1, 0.15) is 42.0 Å². The van der Waals surface area contributed by atoms with Crippen LogP contribution < -0.4 is 33.7 Å². The summed E-state index contributed by atoms with van der Waals surface area (Å²) in [6.45, 7) is 12.7. The third-order valence-electron chi connectivity index (χ3n) is 11.6. The average molecular weight is 909 g/mol. The Morgan fingerprint density at radius 2 is 1.09 bits per heavy atom. The summed E-state index contributed by atoms with van der Waals surface area (Å²) in [5.41, 5.74) is 5.15. The zero-order chi connectivity index (χ0) is 46.7. The van der Waals surface area contributed by atoms with Gasteiger partial charge in [-0.2, -0.15) is 0 Å². The molecule has 0 bridgehead atoms. The number of benzene rings is 4. The van der Waals surface area contributed by atoms with Crippen molar-refractivity contribution in [3.05, 3.63) is 96.8 Å². The van der Waals surface area contributed by atoms with E-state index in [0.29, 0.717) is 83.1 Å². The van der Waals surface area contributed by atoms with Gasteiger partial charge in [-0.15, -0.1) is 0 Å². The molecule has 8 aromatic rings. The lowest BCUT2D eigenvalue weighted by atomic mass is 10.1. The van der Waals surface area contributed by atoms with Crippen molar-refractivity contribution >= 4 is 49.7 Å². The van der Waals surface area contributed by atoms with Crippen molar-refractivity contribution in [1.29, 1.82) is 0 Å². The number of aromatic nitrogens is 6. The van der Waals surface area contributed by atoms with Crippen LogP contribution in [0.1, 0.15) is 57.8 Å². The fourth-order valence-corrected chi connectivity index (χ4v) is 8.35. The molecule has 0 radical (unpaired) electrons. The monoisotopic (exact) mass is 908 g/mol. The zero-order valence-electron chi connectivity index (χ0n) is 38.9. The first-order valence-electron chi connectivity index (χ1n) is 22.6. The summed E-state index contributed by atoms with van der Waals surface area (Å²) >= 11 is 0. The second-order valence-electron chi connectivity index (χ2n) is 17.9. The van der Waals surface area contributed by atoms with E-state index in [2.05, 4.69) is 47.4 Å². The molecule has 0 aliphatic carbocycles. The molecular weight excluding hydrogens is 853 g/mol. The van der Waals surface area contributed by atoms with Crippen LogP contribution in [-0.2, 0) is 4.74 Å². The minimum Gasteiger partial charge on any atom is -0.493 e. The lowest BCUT2D eigenvalue weighted by molar-refractivity contribution is 0.0124. The van der Waals surface area contributed by atoms with E-state index in [1.54, 1.807) is 19.1 Å². The Kier molecular flexibility index (Phi) is 12.9. The first-order chi connectivity index (χ1) is 32.4. The number of aryl methyl sites for hydroxylation is 2. The van der Waals surface area contributed by atoms with Gasteiger partial charge in [-0.05, 0) is 120 Å². The Morgan fingerprint density at radius 3 is 1.55 bits per heavy atom. The summed E-state index contributed by atoms with van der Waals surface area (Å²) in [6.07, 6.45) is 6.15. The highest BCUT2D eigenvalue weighted by molar-refractivity contribution is 5.89. The highest BCUT2D eigenvalue weighted by Gasteiger charge is 2.29. The number of nitrogens with one attached hydrogen (secondary N) is 3. The van der Waals surface area contributed by atoms with Crippen molar-refractivity contribution in [2.75, 3.05) is 40.4 Å². The SMILES string of the molecule is COc1cc2c(Oc3ccc4cc(C)[nH]c4c3)ncnc2cc1OC1CCN(C(=O)OC(C)(C)C)CC1.COc1cc2c(Oc3ccc4cc(C)[nH]c4c3)ncnc2cc1OC1CCNCC1. The molecule has 2 aliphatic heterocycles. The first kappa shape index (κ1) is 44.9. The highest BCUT2D eigenvalue weighted by atomic mass is 16.6. The number of carbonyl (C=O) groups is 1. The summed E-state index contributed by atoms with van der Waals surface area (Å²) < 4.78 is 41.6. The number of carbonyl (C=O) groups excluding carboxylic acids is 1. The van der Waals surface area contributed by atoms with Crippen LogP contribution in [0.2, 0.25) is 0 Å². The van der Waals surface area contributed by atoms with E-state index in [0.717, 1.165) is 70.0 Å². The number of amides is 1. The van der Waals surface area contributed by atoms with E-state index < -0.39 is 5.60 Å². The maximum Gasteiger partial charge on any atom is 0.410 e. The number of rotatable bonds is 10. The fraction of sp³-hybridized carbons (Fsp3) is 0.353. The molecule has 3 N–H and O–H groups in total. The number of piperidine rings is 2. The largest absolute Gasteiger partial charge is 0.493 e. The maximum absolute atomic E-state index is 12.4. The van der Waals surface area contributed by atoms with Gasteiger partial charge >= 0.3 is 6.09 Å². The molecule has 6 heterocycles. The van der Waals surface area contributed by atoms with E-state index in [1.807, 2.05) is 95.3 Å². The van der Waals surface area contributed by atoms with Gasteiger partial charge in [-0.1, -0.05) is 0 Å². The Labute approximate surface area is 388 Å². The topological polar surface area (TPSA) is 180 Å². The molecule has 0 unspecified atom stereocenters. The van der Waals surface area contributed by atoms with Crippen LogP contribution in [0.4, 0.5) is 4.79 Å². The van der Waals surface area contributed by atoms with Crippen LogP contribution >= 0.6 is 0 Å². The van der Waals surface area contributed by atoms with Crippen LogP contribution in [0.3, 0.4) is 0 Å². The molecule has 16 heteroatoms. The molecule has 16 nitrogen and oxygen atoms in total. The molecule has 67 heavy (non-hydrogen) atoms. The normalized spacial score (nSPS) is 14.8. The van der Waals surface area contributed by atoms with Gasteiger partial charge in [-0.3, -0.25) is 0 Å². The number of aromatic amines is 2. The number of likely N-dealkylation sites (tertiary alicyclic amines) is 1. The number of hydrogen-bond donors (Lipinski definition) is 3. The number of ether oxygens (including phenoxy) is 7. The molecule has 0 atom stereocenters. The van der Waals surface area contributed by atoms with Gasteiger partial charge in [0, 0.05) is 72.6 Å². The molecule has 0 spiro atoms. The second-order valence-corrected chi connectivity index (χ2v) is 17.9. The van der Waals surface area contributed by atoms with Crippen LogP contribution in [0.15, 0.2) is 85.5 Å². The predicted octanol–water partition coefficient (Wildman–Crippen LogP) is 10.3. The van der Waals surface area contributed by atoms with Crippen molar-refractivity contribution in [2.24, 2.45) is 0 Å². The average Bonchev–Trinajstić information content (AvgIpc) is 3.88. The van der Waals surface area contributed by atoms with Gasteiger partial charge < -0.3 is 53.3 Å². The minimum atomic E-state index is -0.513. The van der Waals surface area contributed by atoms with Crippen molar-refractivity contribution in [3.63, 3.8) is 0 Å². The quantitative estimate of drug-likeness (QED) is 0.118. The third-order valence-corrected chi connectivity index (χ3v) is 11.6. The molecule has 1 amide bonds. The molecule has 4 aromatic heterocycles. The summed E-state index contributed by atoms with van der Waals surface area (Å²) in [6, 6.07) is 23.5. The summed E-state index contributed by atoms with van der Waals surface area (Å²) in [5.74, 6) is 4.80. The van der Waals surface area contributed by atoms with E-state index >= 15 is 0 Å². The smallest absolute Gasteiger partial charge is 0.410 e. The van der Waals surface area contributed by atoms with E-state index in [4.69, 9.17) is 33.2 Å². The lowest BCUT2D eigenvalue weighted by Crippen LogP contribution is -2.44. The molecule has 348 valence electrons. The fourth-order valence-electron chi connectivity index (χ4n) is 8.35. The van der Waals surface area contributed by atoms with Crippen molar-refractivity contribution in [3.8, 4) is 46.3 Å². The first-order valence-corrected chi connectivity index (χ1v) is 22.6. The summed E-state index contributed by atoms with van der Waals surface area (Å²) in [7, 11) is 3.24.